The van der Waals surface area contributed by atoms with Crippen molar-refractivity contribution in [1.29, 1.82) is 0 Å². The van der Waals surface area contributed by atoms with Crippen molar-refractivity contribution < 1.29 is 24.4 Å². The summed E-state index contributed by atoms with van der Waals surface area (Å²) >= 11 is 0. The molecule has 2 rings (SSSR count). The maximum absolute atomic E-state index is 9.60. The monoisotopic (exact) mass is 190 g/mol. The smallest absolute Gasteiger partial charge is 0.190 e. The fourth-order valence-corrected chi connectivity index (χ4v) is 1.71. The first-order chi connectivity index (χ1) is 6.03. The molecule has 13 heavy (non-hydrogen) atoms. The fourth-order valence-electron chi connectivity index (χ4n) is 1.71. The molecule has 2 aliphatic heterocycles. The Balaban J connectivity index is 2.07. The summed E-state index contributed by atoms with van der Waals surface area (Å²) in [5, 5.41) is 18.4. The van der Waals surface area contributed by atoms with Crippen LogP contribution in [0, 0.1) is 0 Å². The van der Waals surface area contributed by atoms with Crippen LogP contribution in [-0.2, 0) is 14.2 Å². The molecule has 5 nitrogen and oxygen atoms in total. The molecule has 0 bridgehead atoms. The van der Waals surface area contributed by atoms with Crippen LogP contribution in [0.5, 0.6) is 0 Å². The van der Waals surface area contributed by atoms with Crippen molar-refractivity contribution >= 4 is 0 Å². The SMILES string of the molecule is CC1(C)OC2O[C@H](CO)[C@@H](O)C2O1. The van der Waals surface area contributed by atoms with E-state index in [2.05, 4.69) is 0 Å². The number of rotatable bonds is 1. The minimum Gasteiger partial charge on any atom is -0.394 e. The van der Waals surface area contributed by atoms with Gasteiger partial charge in [0.15, 0.2) is 12.1 Å². The Morgan fingerprint density at radius 2 is 2.00 bits per heavy atom. The van der Waals surface area contributed by atoms with Gasteiger partial charge in [0.25, 0.3) is 0 Å². The van der Waals surface area contributed by atoms with Gasteiger partial charge in [-0.25, -0.2) is 0 Å². The molecule has 5 heteroatoms. The quantitative estimate of drug-likeness (QED) is 0.567. The van der Waals surface area contributed by atoms with E-state index in [1.165, 1.54) is 0 Å². The fraction of sp³-hybridized carbons (Fsp3) is 1.00. The zero-order chi connectivity index (χ0) is 9.64. The molecule has 0 amide bonds. The van der Waals surface area contributed by atoms with Crippen LogP contribution in [0.25, 0.3) is 0 Å². The van der Waals surface area contributed by atoms with E-state index in [-0.39, 0.29) is 6.61 Å². The van der Waals surface area contributed by atoms with Gasteiger partial charge in [-0.15, -0.1) is 0 Å². The zero-order valence-corrected chi connectivity index (χ0v) is 7.64. The van der Waals surface area contributed by atoms with E-state index in [0.717, 1.165) is 0 Å². The second-order valence-electron chi connectivity index (χ2n) is 3.82. The predicted octanol–water partition coefficient (Wildman–Crippen LogP) is -0.784. The molecule has 2 saturated heterocycles. The van der Waals surface area contributed by atoms with Crippen molar-refractivity contribution in [2.24, 2.45) is 0 Å². The average molecular weight is 190 g/mol. The molecular weight excluding hydrogens is 176 g/mol. The van der Waals surface area contributed by atoms with Gasteiger partial charge >= 0.3 is 0 Å². The third kappa shape index (κ3) is 1.47. The molecule has 76 valence electrons. The van der Waals surface area contributed by atoms with Crippen molar-refractivity contribution in [3.63, 3.8) is 0 Å². The van der Waals surface area contributed by atoms with Gasteiger partial charge in [0, 0.05) is 0 Å². The summed E-state index contributed by atoms with van der Waals surface area (Å²) in [5.41, 5.74) is 0. The number of aliphatic hydroxyl groups is 2. The first-order valence-corrected chi connectivity index (χ1v) is 4.33. The normalized spacial score (nSPS) is 48.0. The van der Waals surface area contributed by atoms with Crippen molar-refractivity contribution in [3.05, 3.63) is 0 Å². The molecule has 0 aromatic heterocycles. The van der Waals surface area contributed by atoms with E-state index in [9.17, 15) is 5.11 Å². The third-order valence-corrected chi connectivity index (χ3v) is 2.29. The first-order valence-electron chi connectivity index (χ1n) is 4.33. The van der Waals surface area contributed by atoms with Crippen molar-refractivity contribution in [2.75, 3.05) is 6.61 Å². The van der Waals surface area contributed by atoms with Gasteiger partial charge in [0.1, 0.15) is 18.3 Å². The Labute approximate surface area is 76.2 Å². The first kappa shape index (κ1) is 9.36. The zero-order valence-electron chi connectivity index (χ0n) is 7.64. The van der Waals surface area contributed by atoms with Crippen LogP contribution in [0.4, 0.5) is 0 Å². The Kier molecular flexibility index (Phi) is 2.08. The number of ether oxygens (including phenoxy) is 3. The summed E-state index contributed by atoms with van der Waals surface area (Å²) in [5.74, 6) is -0.712. The van der Waals surface area contributed by atoms with E-state index in [1.807, 2.05) is 0 Å². The van der Waals surface area contributed by atoms with Crippen molar-refractivity contribution in [2.45, 2.75) is 44.2 Å². The second kappa shape index (κ2) is 2.90. The van der Waals surface area contributed by atoms with E-state index >= 15 is 0 Å². The Hall–Kier alpha value is -0.200. The van der Waals surface area contributed by atoms with Crippen LogP contribution < -0.4 is 0 Å². The topological polar surface area (TPSA) is 68.2 Å². The standard InChI is InChI=1S/C8H14O5/c1-8(2)12-6-5(10)4(3-9)11-7(6)13-8/h4-7,9-10H,3H2,1-2H3/t4-,5-,6?,7?/m1/s1. The minimum absolute atomic E-state index is 0.221. The van der Waals surface area contributed by atoms with Crippen LogP contribution in [0.2, 0.25) is 0 Å². The summed E-state index contributed by atoms with van der Waals surface area (Å²) in [6.07, 6.45) is -2.43. The minimum atomic E-state index is -0.809. The van der Waals surface area contributed by atoms with Crippen molar-refractivity contribution in [1.82, 2.24) is 0 Å². The number of fused-ring (bicyclic) bond motifs is 1. The molecule has 4 atom stereocenters. The van der Waals surface area contributed by atoms with E-state index < -0.39 is 30.4 Å². The van der Waals surface area contributed by atoms with Crippen LogP contribution in [0.15, 0.2) is 0 Å². The highest BCUT2D eigenvalue weighted by atomic mass is 16.8. The van der Waals surface area contributed by atoms with Gasteiger partial charge < -0.3 is 24.4 Å². The molecule has 2 fully saturated rings. The highest BCUT2D eigenvalue weighted by Crippen LogP contribution is 2.36. The molecule has 2 aliphatic rings. The van der Waals surface area contributed by atoms with Gasteiger partial charge in [-0.05, 0) is 13.8 Å². The summed E-state index contributed by atoms with van der Waals surface area (Å²) in [6, 6.07) is 0. The number of hydrogen-bond donors (Lipinski definition) is 2. The van der Waals surface area contributed by atoms with E-state index in [0.29, 0.717) is 0 Å². The van der Waals surface area contributed by atoms with Gasteiger partial charge in [0.2, 0.25) is 0 Å². The van der Waals surface area contributed by atoms with Crippen LogP contribution >= 0.6 is 0 Å². The highest BCUT2D eigenvalue weighted by molar-refractivity contribution is 4.92. The maximum Gasteiger partial charge on any atom is 0.190 e. The van der Waals surface area contributed by atoms with E-state index in [4.69, 9.17) is 19.3 Å². The average Bonchev–Trinajstić information content (AvgIpc) is 2.47. The van der Waals surface area contributed by atoms with Crippen LogP contribution in [0.1, 0.15) is 13.8 Å². The van der Waals surface area contributed by atoms with Crippen LogP contribution in [-0.4, -0.2) is 47.2 Å². The Morgan fingerprint density at radius 3 is 2.54 bits per heavy atom. The Bertz CT molecular complexity index is 205. The van der Waals surface area contributed by atoms with E-state index in [1.54, 1.807) is 13.8 Å². The molecule has 2 N–H and O–H groups in total. The lowest BCUT2D eigenvalue weighted by atomic mass is 10.1. The van der Waals surface area contributed by atoms with Gasteiger partial charge in [-0.3, -0.25) is 0 Å². The highest BCUT2D eigenvalue weighted by Gasteiger charge is 2.53. The van der Waals surface area contributed by atoms with Gasteiger partial charge in [-0.2, -0.15) is 0 Å². The molecule has 0 saturated carbocycles. The molecule has 0 aromatic rings. The Morgan fingerprint density at radius 1 is 1.31 bits per heavy atom. The molecular formula is C8H14O5. The molecule has 2 heterocycles. The largest absolute Gasteiger partial charge is 0.394 e. The van der Waals surface area contributed by atoms with Crippen LogP contribution in [0.3, 0.4) is 0 Å². The molecule has 2 unspecified atom stereocenters. The molecule has 0 aliphatic carbocycles. The predicted molar refractivity (Wildman–Crippen MR) is 41.8 cm³/mol. The summed E-state index contributed by atoms with van der Waals surface area (Å²) in [6.45, 7) is 3.30. The molecule has 0 aromatic carbocycles. The summed E-state index contributed by atoms with van der Waals surface area (Å²) in [4.78, 5) is 0. The van der Waals surface area contributed by atoms with Crippen molar-refractivity contribution in [3.8, 4) is 0 Å². The third-order valence-electron chi connectivity index (χ3n) is 2.29. The summed E-state index contributed by atoms with van der Waals surface area (Å²) in [7, 11) is 0. The second-order valence-corrected chi connectivity index (χ2v) is 3.82. The lowest BCUT2D eigenvalue weighted by molar-refractivity contribution is -0.218. The van der Waals surface area contributed by atoms with Gasteiger partial charge in [0.05, 0.1) is 6.61 Å². The summed E-state index contributed by atoms with van der Waals surface area (Å²) < 4.78 is 16.0. The molecule has 0 spiro atoms. The maximum atomic E-state index is 9.60. The van der Waals surface area contributed by atoms with Gasteiger partial charge in [-0.1, -0.05) is 0 Å². The lowest BCUT2D eigenvalue weighted by Gasteiger charge is -2.21. The number of aliphatic hydroxyl groups excluding tert-OH is 2. The molecule has 0 radical (unpaired) electrons. The lowest BCUT2D eigenvalue weighted by Crippen LogP contribution is -2.36. The number of hydrogen-bond acceptors (Lipinski definition) is 5.